The van der Waals surface area contributed by atoms with Gasteiger partial charge in [-0.15, -0.1) is 0 Å². The molecule has 0 fully saturated rings. The molecule has 0 atom stereocenters. The summed E-state index contributed by atoms with van der Waals surface area (Å²) in [7, 11) is 2.39. The van der Waals surface area contributed by atoms with Crippen molar-refractivity contribution in [3.63, 3.8) is 0 Å². The number of imide groups is 1. The van der Waals surface area contributed by atoms with Gasteiger partial charge in [-0.2, -0.15) is 9.28 Å². The second kappa shape index (κ2) is 5.37. The number of quaternary nitrogens is 1. The summed E-state index contributed by atoms with van der Waals surface area (Å²) in [6.45, 7) is 0. The van der Waals surface area contributed by atoms with E-state index < -0.39 is 16.5 Å². The Bertz CT molecular complexity index is 503. The van der Waals surface area contributed by atoms with Gasteiger partial charge in [-0.05, 0) is 11.6 Å². The van der Waals surface area contributed by atoms with E-state index in [0.29, 0.717) is 5.56 Å². The Labute approximate surface area is 105 Å². The van der Waals surface area contributed by atoms with E-state index in [1.165, 1.54) is 26.5 Å². The zero-order chi connectivity index (χ0) is 13.8. The van der Waals surface area contributed by atoms with Crippen LogP contribution in [0, 0.1) is 0 Å². The van der Waals surface area contributed by atoms with Gasteiger partial charge in [-0.1, -0.05) is 30.3 Å². The van der Waals surface area contributed by atoms with Crippen LogP contribution in [0.2, 0.25) is 0 Å². The molecule has 18 heavy (non-hydrogen) atoms. The predicted octanol–water partition coefficient (Wildman–Crippen LogP) is 1.46. The average molecular weight is 247 g/mol. The van der Waals surface area contributed by atoms with Crippen LogP contribution in [0.25, 0.3) is 6.08 Å². The van der Waals surface area contributed by atoms with Gasteiger partial charge in [0, 0.05) is 0 Å². The van der Waals surface area contributed by atoms with Crippen LogP contribution in [-0.2, 0) is 9.59 Å². The minimum absolute atomic E-state index is 0.298. The summed E-state index contributed by atoms with van der Waals surface area (Å²) in [4.78, 5) is 33.6. The molecule has 0 bridgehead atoms. The van der Waals surface area contributed by atoms with Crippen molar-refractivity contribution < 1.29 is 24.0 Å². The number of hydrogen-bond acceptors (Lipinski definition) is 3. The molecule has 2 amide bonds. The van der Waals surface area contributed by atoms with Gasteiger partial charge in [0.1, 0.15) is 5.57 Å². The van der Waals surface area contributed by atoms with Crippen molar-refractivity contribution >= 4 is 24.4 Å². The summed E-state index contributed by atoms with van der Waals surface area (Å²) in [6.07, 6.45) is 1.47. The van der Waals surface area contributed by atoms with Gasteiger partial charge in [-0.25, -0.2) is 4.79 Å². The maximum Gasteiger partial charge on any atom is 0.521 e. The normalized spacial score (nSPS) is 12.0. The van der Waals surface area contributed by atoms with Crippen LogP contribution in [0.4, 0.5) is 4.79 Å². The summed E-state index contributed by atoms with van der Waals surface area (Å²) in [5, 5.41) is 8.92. The van der Waals surface area contributed by atoms with Crippen molar-refractivity contribution in [2.45, 2.75) is 0 Å². The number of carboxylic acid groups (broad SMARTS) is 1. The van der Waals surface area contributed by atoms with E-state index in [4.69, 9.17) is 5.11 Å². The Hall–Kier alpha value is -2.27. The van der Waals surface area contributed by atoms with E-state index in [-0.39, 0.29) is 5.57 Å². The lowest BCUT2D eigenvalue weighted by Crippen LogP contribution is -2.50. The van der Waals surface area contributed by atoms with Gasteiger partial charge in [0.05, 0.1) is 14.1 Å². The highest BCUT2D eigenvalue weighted by molar-refractivity contribution is 6.13. The first-order valence-electron chi connectivity index (χ1n) is 5.17. The van der Waals surface area contributed by atoms with Gasteiger partial charge in [-0.3, -0.25) is 4.79 Å². The van der Waals surface area contributed by atoms with Crippen molar-refractivity contribution in [2.24, 2.45) is 0 Å². The molecule has 5 nitrogen and oxygen atoms in total. The van der Waals surface area contributed by atoms with Crippen LogP contribution < -0.4 is 0 Å². The summed E-state index contributed by atoms with van der Waals surface area (Å²) in [5.41, 5.74) is 0.336. The second-order valence-electron chi connectivity index (χ2n) is 4.11. The average Bonchev–Trinajstić information content (AvgIpc) is 2.36. The highest BCUT2D eigenvalue weighted by atomic mass is 16.4. The van der Waals surface area contributed by atoms with Crippen LogP contribution in [0.1, 0.15) is 5.56 Å². The zero-order valence-corrected chi connectivity index (χ0v) is 10.1. The largest absolute Gasteiger partial charge is 0.521 e. The Morgan fingerprint density at radius 2 is 1.78 bits per heavy atom. The lowest BCUT2D eigenvalue weighted by atomic mass is 10.1. The molecule has 1 aromatic carbocycles. The summed E-state index contributed by atoms with van der Waals surface area (Å²) < 4.78 is -0.950. The Morgan fingerprint density at radius 3 is 2.22 bits per heavy atom. The topological polar surface area (TPSA) is 71.4 Å². The van der Waals surface area contributed by atoms with Crippen LogP contribution in [0.15, 0.2) is 35.9 Å². The van der Waals surface area contributed by atoms with Crippen molar-refractivity contribution in [3.8, 4) is 0 Å². The third-order valence-electron chi connectivity index (χ3n) is 2.44. The first-order valence-corrected chi connectivity index (χ1v) is 5.17. The first-order chi connectivity index (χ1) is 8.39. The van der Waals surface area contributed by atoms with Gasteiger partial charge >= 0.3 is 12.0 Å². The van der Waals surface area contributed by atoms with Crippen LogP contribution in [-0.4, -0.2) is 42.0 Å². The standard InChI is InChI=1S/C13H12NO4/c1-14(2,13(17)18)12(16)11(9-15)8-10-6-4-3-5-7-10/h3-8H,1-2H3/p+1. The van der Waals surface area contributed by atoms with Crippen molar-refractivity contribution in [1.29, 1.82) is 0 Å². The third-order valence-corrected chi connectivity index (χ3v) is 2.44. The van der Waals surface area contributed by atoms with E-state index in [1.807, 2.05) is 0 Å². The molecule has 0 aliphatic rings. The van der Waals surface area contributed by atoms with Crippen LogP contribution >= 0.6 is 0 Å². The number of rotatable bonds is 3. The second-order valence-corrected chi connectivity index (χ2v) is 4.11. The summed E-state index contributed by atoms with van der Waals surface area (Å²) in [6, 6.07) is 8.68. The molecule has 1 aromatic rings. The van der Waals surface area contributed by atoms with Gasteiger partial charge in [0.25, 0.3) is 0 Å². The van der Waals surface area contributed by atoms with Crippen molar-refractivity contribution in [1.82, 2.24) is 0 Å². The van der Waals surface area contributed by atoms with Gasteiger partial charge in [0.15, 0.2) is 0 Å². The monoisotopic (exact) mass is 247 g/mol. The highest BCUT2D eigenvalue weighted by Crippen LogP contribution is 2.11. The van der Waals surface area contributed by atoms with E-state index in [2.05, 4.69) is 0 Å². The number of nitrogens with zero attached hydrogens (tertiary/aromatic N) is 1. The lowest BCUT2D eigenvalue weighted by Gasteiger charge is -2.18. The number of amides is 2. The van der Waals surface area contributed by atoms with Crippen LogP contribution in [0.5, 0.6) is 0 Å². The molecule has 0 aromatic heterocycles. The lowest BCUT2D eigenvalue weighted by molar-refractivity contribution is -0.735. The van der Waals surface area contributed by atoms with E-state index in [9.17, 15) is 14.4 Å². The molecule has 1 rings (SSSR count). The summed E-state index contributed by atoms with van der Waals surface area (Å²) in [5.74, 6) is -0.818. The molecule has 0 saturated carbocycles. The predicted molar refractivity (Wildman–Crippen MR) is 65.3 cm³/mol. The molecule has 1 N–H and O–H groups in total. The molecule has 0 unspecified atom stereocenters. The maximum atomic E-state index is 11.9. The quantitative estimate of drug-likeness (QED) is 0.380. The number of likely N-dealkylation sites (N-methyl/N-ethyl adjacent to an activating group) is 1. The van der Waals surface area contributed by atoms with Crippen molar-refractivity contribution in [2.75, 3.05) is 14.1 Å². The maximum absolute atomic E-state index is 11.9. The molecule has 0 aliphatic heterocycles. The molecule has 0 saturated heterocycles. The van der Waals surface area contributed by atoms with Crippen LogP contribution in [0.3, 0.4) is 0 Å². The number of hydrogen-bond donors (Lipinski definition) is 1. The Morgan fingerprint density at radius 1 is 1.22 bits per heavy atom. The van der Waals surface area contributed by atoms with E-state index in [1.54, 1.807) is 30.3 Å². The summed E-state index contributed by atoms with van der Waals surface area (Å²) >= 11 is 0. The molecule has 1 radical (unpaired) electrons. The van der Waals surface area contributed by atoms with E-state index >= 15 is 0 Å². The minimum atomic E-state index is -1.34. The SMILES string of the molecule is C[N+](C)(C(=O)O)C(=O)C([C]=O)=Cc1ccccc1. The minimum Gasteiger partial charge on any atom is -0.435 e. The fraction of sp³-hybridized carbons (Fsp3) is 0.154. The molecule has 0 heterocycles. The molecular weight excluding hydrogens is 234 g/mol. The highest BCUT2D eigenvalue weighted by Gasteiger charge is 2.38. The van der Waals surface area contributed by atoms with E-state index in [0.717, 1.165) is 0 Å². The molecule has 0 aliphatic carbocycles. The number of benzene rings is 1. The smallest absolute Gasteiger partial charge is 0.435 e. The molecule has 0 spiro atoms. The Balaban J connectivity index is 3.13. The Kier molecular flexibility index (Phi) is 4.12. The first kappa shape index (κ1) is 13.8. The molecule has 93 valence electrons. The fourth-order valence-corrected chi connectivity index (χ4v) is 1.24. The van der Waals surface area contributed by atoms with Crippen molar-refractivity contribution in [3.05, 3.63) is 41.5 Å². The number of carbonyl (C=O) groups is 2. The fourth-order valence-electron chi connectivity index (χ4n) is 1.24. The zero-order valence-electron chi connectivity index (χ0n) is 10.1. The van der Waals surface area contributed by atoms with Gasteiger partial charge in [0.2, 0.25) is 6.29 Å². The molecular formula is C13H13NO4+. The molecule has 5 heteroatoms. The number of carbonyl (C=O) groups excluding carboxylic acids is 2. The van der Waals surface area contributed by atoms with Gasteiger partial charge < -0.3 is 5.11 Å². The third kappa shape index (κ3) is 2.89.